The molecule has 0 fully saturated rings. The first kappa shape index (κ1) is 14.9. The molecular weight excluding hydrogens is 296 g/mol. The lowest BCUT2D eigenvalue weighted by Crippen LogP contribution is -2.10. The number of hydrogen-bond donors (Lipinski definition) is 0. The Morgan fingerprint density at radius 2 is 1.79 bits per heavy atom. The van der Waals surface area contributed by atoms with E-state index in [1.54, 1.807) is 6.26 Å². The minimum absolute atomic E-state index is 0.150. The van der Waals surface area contributed by atoms with Gasteiger partial charge in [-0.05, 0) is 28.7 Å². The predicted molar refractivity (Wildman–Crippen MR) is 99.5 cm³/mol. The highest BCUT2D eigenvalue weighted by Gasteiger charge is 2.15. The molecule has 1 aromatic carbocycles. The number of hydrogen-bond acceptors (Lipinski definition) is 3. The van der Waals surface area contributed by atoms with Crippen LogP contribution in [0.1, 0.15) is 32.0 Å². The normalized spacial score (nSPS) is 14.4. The van der Waals surface area contributed by atoms with E-state index < -0.39 is 0 Å². The molecule has 3 nitrogen and oxygen atoms in total. The maximum Gasteiger partial charge on any atom is 0.153 e. The van der Waals surface area contributed by atoms with E-state index in [1.807, 2.05) is 18.3 Å². The minimum atomic E-state index is 0.150. The third-order valence-corrected chi connectivity index (χ3v) is 4.42. The summed E-state index contributed by atoms with van der Waals surface area (Å²) in [7, 11) is 0. The van der Waals surface area contributed by atoms with E-state index in [2.05, 4.69) is 56.1 Å². The van der Waals surface area contributed by atoms with Gasteiger partial charge in [0.1, 0.15) is 11.8 Å². The summed E-state index contributed by atoms with van der Waals surface area (Å²) in [6, 6.07) is 12.6. The van der Waals surface area contributed by atoms with Gasteiger partial charge in [-0.2, -0.15) is 0 Å². The zero-order valence-electron chi connectivity index (χ0n) is 14.2. The van der Waals surface area contributed by atoms with Crippen LogP contribution in [0.4, 0.5) is 0 Å². The van der Waals surface area contributed by atoms with Crippen LogP contribution < -0.4 is 0 Å². The standard InChI is InChI=1S/C21H20N2O/c1-21(2,3)16-6-4-14(5-7-16)17-13-24-19-9-8-18(23-20(17)19)15-10-11-22-12-15/h4-10,12-13H,11H2,1-3H3. The lowest BCUT2D eigenvalue weighted by atomic mass is 9.86. The number of aliphatic imine (C=N–C) groups is 1. The van der Waals surface area contributed by atoms with Crippen LogP contribution in [0.3, 0.4) is 0 Å². The van der Waals surface area contributed by atoms with Crippen LogP contribution in [0, 0.1) is 0 Å². The summed E-state index contributed by atoms with van der Waals surface area (Å²) in [6.45, 7) is 7.40. The van der Waals surface area contributed by atoms with Crippen LogP contribution in [-0.4, -0.2) is 17.7 Å². The van der Waals surface area contributed by atoms with Crippen molar-refractivity contribution < 1.29 is 4.42 Å². The van der Waals surface area contributed by atoms with Gasteiger partial charge in [0, 0.05) is 17.4 Å². The Kier molecular flexibility index (Phi) is 3.38. The Hall–Kier alpha value is -2.68. The zero-order chi connectivity index (χ0) is 16.7. The number of nitrogens with zero attached hydrogens (tertiary/aromatic N) is 2. The largest absolute Gasteiger partial charge is 0.462 e. The topological polar surface area (TPSA) is 38.4 Å². The van der Waals surface area contributed by atoms with Crippen LogP contribution in [0.15, 0.2) is 58.1 Å². The molecule has 0 amide bonds. The summed E-state index contributed by atoms with van der Waals surface area (Å²) in [5.41, 5.74) is 7.35. The fraction of sp³-hybridized carbons (Fsp3) is 0.238. The molecule has 4 rings (SSSR count). The highest BCUT2D eigenvalue weighted by atomic mass is 16.3. The van der Waals surface area contributed by atoms with Gasteiger partial charge in [-0.3, -0.25) is 4.99 Å². The Bertz CT molecular complexity index is 954. The van der Waals surface area contributed by atoms with Crippen molar-refractivity contribution in [3.05, 3.63) is 60.0 Å². The quantitative estimate of drug-likeness (QED) is 0.647. The van der Waals surface area contributed by atoms with Crippen molar-refractivity contribution in [2.45, 2.75) is 26.2 Å². The SMILES string of the molecule is CC(C)(C)c1ccc(-c2coc3ccc(C4=CCN=C4)nc23)cc1. The molecule has 0 aliphatic carbocycles. The Morgan fingerprint density at radius 1 is 1.00 bits per heavy atom. The highest BCUT2D eigenvalue weighted by Crippen LogP contribution is 2.32. The predicted octanol–water partition coefficient (Wildman–Crippen LogP) is 5.26. The van der Waals surface area contributed by atoms with Crippen molar-refractivity contribution in [2.75, 3.05) is 6.54 Å². The Morgan fingerprint density at radius 3 is 2.46 bits per heavy atom. The van der Waals surface area contributed by atoms with Crippen LogP contribution in [0.2, 0.25) is 0 Å². The fourth-order valence-electron chi connectivity index (χ4n) is 2.95. The molecule has 0 spiro atoms. The molecule has 3 aromatic rings. The molecule has 0 N–H and O–H groups in total. The lowest BCUT2D eigenvalue weighted by Gasteiger charge is -2.19. The third kappa shape index (κ3) is 2.56. The van der Waals surface area contributed by atoms with E-state index >= 15 is 0 Å². The van der Waals surface area contributed by atoms with Gasteiger partial charge in [0.2, 0.25) is 0 Å². The molecule has 0 atom stereocenters. The van der Waals surface area contributed by atoms with Gasteiger partial charge < -0.3 is 4.42 Å². The molecule has 120 valence electrons. The van der Waals surface area contributed by atoms with E-state index in [0.717, 1.165) is 40.0 Å². The molecule has 1 aliphatic heterocycles. The number of allylic oxidation sites excluding steroid dienone is 1. The van der Waals surface area contributed by atoms with Gasteiger partial charge in [-0.15, -0.1) is 0 Å². The molecule has 0 radical (unpaired) electrons. The van der Waals surface area contributed by atoms with E-state index in [9.17, 15) is 0 Å². The molecule has 3 heteroatoms. The van der Waals surface area contributed by atoms with Gasteiger partial charge in [-0.1, -0.05) is 51.1 Å². The molecule has 0 saturated carbocycles. The number of fused-ring (bicyclic) bond motifs is 1. The van der Waals surface area contributed by atoms with Gasteiger partial charge in [-0.25, -0.2) is 4.98 Å². The monoisotopic (exact) mass is 316 g/mol. The molecule has 1 aliphatic rings. The molecule has 24 heavy (non-hydrogen) atoms. The van der Waals surface area contributed by atoms with Gasteiger partial charge in [0.05, 0.1) is 12.2 Å². The highest BCUT2D eigenvalue weighted by molar-refractivity contribution is 6.11. The van der Waals surface area contributed by atoms with E-state index in [1.165, 1.54) is 5.56 Å². The van der Waals surface area contributed by atoms with Crippen molar-refractivity contribution >= 4 is 22.9 Å². The van der Waals surface area contributed by atoms with Gasteiger partial charge in [0.25, 0.3) is 0 Å². The summed E-state index contributed by atoms with van der Waals surface area (Å²) in [4.78, 5) is 9.05. The van der Waals surface area contributed by atoms with E-state index in [4.69, 9.17) is 9.40 Å². The summed E-state index contributed by atoms with van der Waals surface area (Å²) >= 11 is 0. The second-order valence-corrected chi connectivity index (χ2v) is 7.17. The van der Waals surface area contributed by atoms with Crippen molar-refractivity contribution in [2.24, 2.45) is 4.99 Å². The van der Waals surface area contributed by atoms with Crippen LogP contribution in [0.5, 0.6) is 0 Å². The number of rotatable bonds is 2. The van der Waals surface area contributed by atoms with Crippen molar-refractivity contribution in [1.29, 1.82) is 0 Å². The van der Waals surface area contributed by atoms with Crippen LogP contribution in [0.25, 0.3) is 27.8 Å². The van der Waals surface area contributed by atoms with Crippen LogP contribution >= 0.6 is 0 Å². The smallest absolute Gasteiger partial charge is 0.153 e. The van der Waals surface area contributed by atoms with Gasteiger partial charge >= 0.3 is 0 Å². The Labute approximate surface area is 141 Å². The maximum absolute atomic E-state index is 5.70. The summed E-state index contributed by atoms with van der Waals surface area (Å²) in [5, 5.41) is 0. The second-order valence-electron chi connectivity index (χ2n) is 7.17. The van der Waals surface area contributed by atoms with E-state index in [-0.39, 0.29) is 5.41 Å². The van der Waals surface area contributed by atoms with Crippen molar-refractivity contribution in [3.63, 3.8) is 0 Å². The molecule has 3 heterocycles. The number of benzene rings is 1. The molecular formula is C21H20N2O. The summed E-state index contributed by atoms with van der Waals surface area (Å²) in [5.74, 6) is 0. The first-order chi connectivity index (χ1) is 11.5. The number of furan rings is 1. The molecule has 0 unspecified atom stereocenters. The minimum Gasteiger partial charge on any atom is -0.462 e. The number of pyridine rings is 1. The average molecular weight is 316 g/mol. The van der Waals surface area contributed by atoms with Gasteiger partial charge in [0.15, 0.2) is 5.58 Å². The fourth-order valence-corrected chi connectivity index (χ4v) is 2.95. The Balaban J connectivity index is 1.79. The van der Waals surface area contributed by atoms with Crippen molar-refractivity contribution in [3.8, 4) is 11.1 Å². The number of aromatic nitrogens is 1. The zero-order valence-corrected chi connectivity index (χ0v) is 14.2. The van der Waals surface area contributed by atoms with Crippen molar-refractivity contribution in [1.82, 2.24) is 4.98 Å². The first-order valence-corrected chi connectivity index (χ1v) is 8.22. The average Bonchev–Trinajstić information content (AvgIpc) is 3.23. The van der Waals surface area contributed by atoms with Crippen LogP contribution in [-0.2, 0) is 5.41 Å². The van der Waals surface area contributed by atoms with E-state index in [0.29, 0.717) is 0 Å². The lowest BCUT2D eigenvalue weighted by molar-refractivity contribution is 0.590. The summed E-state index contributed by atoms with van der Waals surface area (Å²) < 4.78 is 5.70. The second kappa shape index (κ2) is 5.45. The summed E-state index contributed by atoms with van der Waals surface area (Å²) in [6.07, 6.45) is 5.77. The maximum atomic E-state index is 5.70. The first-order valence-electron chi connectivity index (χ1n) is 8.22. The molecule has 0 bridgehead atoms. The molecule has 0 saturated heterocycles. The third-order valence-electron chi connectivity index (χ3n) is 4.42. The molecule has 2 aromatic heterocycles.